The quantitative estimate of drug-likeness (QED) is 0.810. The molecule has 0 spiro atoms. The lowest BCUT2D eigenvalue weighted by molar-refractivity contribution is -0.146. The molecule has 4 nitrogen and oxygen atoms in total. The molecule has 20 heavy (non-hydrogen) atoms. The van der Waals surface area contributed by atoms with Gasteiger partial charge in [0.15, 0.2) is 0 Å². The maximum atomic E-state index is 12.3. The lowest BCUT2D eigenvalue weighted by Gasteiger charge is -2.24. The van der Waals surface area contributed by atoms with E-state index in [-0.39, 0.29) is 5.91 Å². The van der Waals surface area contributed by atoms with Crippen molar-refractivity contribution in [1.29, 1.82) is 0 Å². The molecule has 2 rings (SSSR count). The number of allylic oxidation sites excluding steroid dienone is 2. The Labute approximate surface area is 129 Å². The minimum Gasteiger partial charge on any atom is -0.481 e. The number of carboxylic acid groups (broad SMARTS) is 1. The summed E-state index contributed by atoms with van der Waals surface area (Å²) in [5.74, 6) is -2.46. The van der Waals surface area contributed by atoms with E-state index in [9.17, 15) is 14.7 Å². The van der Waals surface area contributed by atoms with Crippen LogP contribution < -0.4 is 5.32 Å². The van der Waals surface area contributed by atoms with E-state index in [2.05, 4.69) is 21.2 Å². The fourth-order valence-electron chi connectivity index (χ4n) is 2.19. The fraction of sp³-hybridized carbons (Fsp3) is 0.286. The predicted octanol–water partition coefficient (Wildman–Crippen LogP) is 3.71. The molecule has 1 aliphatic rings. The predicted molar refractivity (Wildman–Crippen MR) is 80.8 cm³/mol. The first-order chi connectivity index (χ1) is 9.49. The van der Waals surface area contributed by atoms with Gasteiger partial charge in [0.1, 0.15) is 0 Å². The number of aliphatic carboxylic acids is 1. The van der Waals surface area contributed by atoms with Crippen LogP contribution in [0.4, 0.5) is 5.69 Å². The lowest BCUT2D eigenvalue weighted by Crippen LogP contribution is -2.34. The molecule has 0 aliphatic heterocycles. The van der Waals surface area contributed by atoms with E-state index in [1.54, 1.807) is 24.3 Å². The number of anilines is 1. The second-order valence-corrected chi connectivity index (χ2v) is 5.90. The maximum absolute atomic E-state index is 12.3. The third kappa shape index (κ3) is 3.41. The largest absolute Gasteiger partial charge is 0.481 e. The highest BCUT2D eigenvalue weighted by Crippen LogP contribution is 2.30. The number of nitrogens with one attached hydrogen (secondary N) is 1. The topological polar surface area (TPSA) is 66.4 Å². The van der Waals surface area contributed by atoms with Crippen molar-refractivity contribution in [3.8, 4) is 0 Å². The zero-order chi connectivity index (χ0) is 14.7. The number of carboxylic acids is 1. The molecular weight excluding hydrogens is 346 g/mol. The van der Waals surface area contributed by atoms with Crippen molar-refractivity contribution in [2.45, 2.75) is 12.8 Å². The normalized spacial score (nSPS) is 21.5. The Morgan fingerprint density at radius 1 is 1.25 bits per heavy atom. The van der Waals surface area contributed by atoms with Gasteiger partial charge in [0, 0.05) is 9.50 Å². The molecule has 2 N–H and O–H groups in total. The van der Waals surface area contributed by atoms with Gasteiger partial charge in [-0.25, -0.2) is 0 Å². The van der Waals surface area contributed by atoms with Crippen molar-refractivity contribution in [2.75, 3.05) is 5.32 Å². The van der Waals surface area contributed by atoms with Crippen molar-refractivity contribution in [3.05, 3.63) is 39.8 Å². The number of hydrogen-bond donors (Lipinski definition) is 2. The number of benzene rings is 1. The zero-order valence-corrected chi connectivity index (χ0v) is 12.8. The van der Waals surface area contributed by atoms with E-state index in [4.69, 9.17) is 11.6 Å². The van der Waals surface area contributed by atoms with Crippen molar-refractivity contribution in [2.24, 2.45) is 11.8 Å². The Kier molecular flexibility index (Phi) is 4.83. The van der Waals surface area contributed by atoms with Crippen molar-refractivity contribution in [3.63, 3.8) is 0 Å². The van der Waals surface area contributed by atoms with E-state index in [0.29, 0.717) is 28.0 Å². The third-order valence-electron chi connectivity index (χ3n) is 3.28. The summed E-state index contributed by atoms with van der Waals surface area (Å²) in [5, 5.41) is 12.5. The number of carbonyl (C=O) groups excluding carboxylic acids is 1. The number of carbonyl (C=O) groups is 2. The van der Waals surface area contributed by atoms with E-state index in [0.717, 1.165) is 0 Å². The number of amides is 1. The Morgan fingerprint density at radius 2 is 1.90 bits per heavy atom. The van der Waals surface area contributed by atoms with Gasteiger partial charge in [-0.1, -0.05) is 23.8 Å². The van der Waals surface area contributed by atoms with Crippen molar-refractivity contribution in [1.82, 2.24) is 0 Å². The summed E-state index contributed by atoms with van der Waals surface area (Å²) in [5.41, 5.74) is 0.582. The summed E-state index contributed by atoms with van der Waals surface area (Å²) in [4.78, 5) is 23.5. The smallest absolute Gasteiger partial charge is 0.307 e. The van der Waals surface area contributed by atoms with E-state index in [1.807, 2.05) is 6.08 Å². The van der Waals surface area contributed by atoms with Gasteiger partial charge >= 0.3 is 5.97 Å². The highest BCUT2D eigenvalue weighted by Gasteiger charge is 2.34. The van der Waals surface area contributed by atoms with Gasteiger partial charge in [-0.2, -0.15) is 0 Å². The Hall–Kier alpha value is -1.33. The number of rotatable bonds is 3. The van der Waals surface area contributed by atoms with Crippen LogP contribution in [0.2, 0.25) is 5.02 Å². The molecule has 106 valence electrons. The first-order valence-corrected chi connectivity index (χ1v) is 7.30. The summed E-state index contributed by atoms with van der Waals surface area (Å²) < 4.78 is 0.663. The van der Waals surface area contributed by atoms with Crippen LogP contribution in [0.5, 0.6) is 0 Å². The van der Waals surface area contributed by atoms with Crippen LogP contribution in [-0.4, -0.2) is 17.0 Å². The molecule has 1 aromatic rings. The lowest BCUT2D eigenvalue weighted by atomic mass is 9.82. The average molecular weight is 359 g/mol. The summed E-state index contributed by atoms with van der Waals surface area (Å²) in [6.07, 6.45) is 4.48. The van der Waals surface area contributed by atoms with Crippen LogP contribution in [0.3, 0.4) is 0 Å². The van der Waals surface area contributed by atoms with Crippen LogP contribution in [0, 0.1) is 11.8 Å². The summed E-state index contributed by atoms with van der Waals surface area (Å²) >= 11 is 9.15. The van der Waals surface area contributed by atoms with Crippen LogP contribution in [-0.2, 0) is 9.59 Å². The van der Waals surface area contributed by atoms with Crippen molar-refractivity contribution < 1.29 is 14.7 Å². The van der Waals surface area contributed by atoms with Crippen LogP contribution >= 0.6 is 27.5 Å². The van der Waals surface area contributed by atoms with E-state index >= 15 is 0 Å². The van der Waals surface area contributed by atoms with Gasteiger partial charge in [-0.15, -0.1) is 0 Å². The van der Waals surface area contributed by atoms with Gasteiger partial charge in [-0.05, 0) is 47.0 Å². The molecule has 0 saturated heterocycles. The molecule has 6 heteroatoms. The SMILES string of the molecule is O=C(O)C1CC=CCC1C(=O)Nc1ccc(Cl)cc1Br. The van der Waals surface area contributed by atoms with Gasteiger partial charge in [0.05, 0.1) is 17.5 Å². The minimum absolute atomic E-state index is 0.287. The molecular formula is C14H13BrClNO3. The molecule has 0 heterocycles. The van der Waals surface area contributed by atoms with Gasteiger partial charge < -0.3 is 10.4 Å². The Morgan fingerprint density at radius 3 is 2.50 bits per heavy atom. The number of hydrogen-bond acceptors (Lipinski definition) is 2. The van der Waals surface area contributed by atoms with Crippen LogP contribution in [0.15, 0.2) is 34.8 Å². The summed E-state index contributed by atoms with van der Waals surface area (Å²) in [6, 6.07) is 5.02. The molecule has 0 radical (unpaired) electrons. The summed E-state index contributed by atoms with van der Waals surface area (Å²) in [7, 11) is 0. The highest BCUT2D eigenvalue weighted by atomic mass is 79.9. The first kappa shape index (κ1) is 15.1. The molecule has 1 aliphatic carbocycles. The highest BCUT2D eigenvalue weighted by molar-refractivity contribution is 9.10. The van der Waals surface area contributed by atoms with Gasteiger partial charge in [0.2, 0.25) is 5.91 Å². The maximum Gasteiger partial charge on any atom is 0.307 e. The standard InChI is InChI=1S/C14H13BrClNO3/c15-11-7-8(16)5-6-12(11)17-13(18)9-3-1-2-4-10(9)14(19)20/h1-2,5-7,9-10H,3-4H2,(H,17,18)(H,19,20). The van der Waals surface area contributed by atoms with E-state index in [1.165, 1.54) is 0 Å². The van der Waals surface area contributed by atoms with Crippen LogP contribution in [0.1, 0.15) is 12.8 Å². The number of halogens is 2. The molecule has 0 saturated carbocycles. The molecule has 0 bridgehead atoms. The second kappa shape index (κ2) is 6.41. The molecule has 1 amide bonds. The van der Waals surface area contributed by atoms with Crippen molar-refractivity contribution >= 4 is 45.1 Å². The first-order valence-electron chi connectivity index (χ1n) is 6.12. The minimum atomic E-state index is -0.940. The second-order valence-electron chi connectivity index (χ2n) is 4.61. The monoisotopic (exact) mass is 357 g/mol. The fourth-order valence-corrected chi connectivity index (χ4v) is 2.97. The Balaban J connectivity index is 2.14. The van der Waals surface area contributed by atoms with Gasteiger partial charge in [-0.3, -0.25) is 9.59 Å². The molecule has 2 unspecified atom stereocenters. The Bertz CT molecular complexity index is 574. The molecule has 0 aromatic heterocycles. The van der Waals surface area contributed by atoms with E-state index < -0.39 is 17.8 Å². The zero-order valence-electron chi connectivity index (χ0n) is 10.5. The summed E-state index contributed by atoms with van der Waals surface area (Å²) in [6.45, 7) is 0. The average Bonchev–Trinajstić information content (AvgIpc) is 2.41. The molecule has 2 atom stereocenters. The molecule has 0 fully saturated rings. The van der Waals surface area contributed by atoms with Gasteiger partial charge in [0.25, 0.3) is 0 Å². The molecule has 1 aromatic carbocycles. The third-order valence-corrected chi connectivity index (χ3v) is 4.17. The van der Waals surface area contributed by atoms with Crippen LogP contribution in [0.25, 0.3) is 0 Å².